The number of imide groups is 1. The number of rotatable bonds is 4. The van der Waals surface area contributed by atoms with Gasteiger partial charge >= 0.3 is 6.09 Å². The third kappa shape index (κ3) is 3.80. The number of hydrogen-bond donors (Lipinski definition) is 1. The van der Waals surface area contributed by atoms with Crippen LogP contribution >= 0.6 is 11.6 Å². The SMILES string of the molecule is O=C(Nc1ccccc1)OCc1cc(N2C(=O)C3=C(CCCC3)C2=O)c(F)cc1Cl. The maximum Gasteiger partial charge on any atom is 0.411 e. The molecule has 0 radical (unpaired) electrons. The summed E-state index contributed by atoms with van der Waals surface area (Å²) in [5.41, 5.74) is 1.56. The molecule has 0 bridgehead atoms. The minimum absolute atomic E-state index is 0.0283. The first-order valence-electron chi connectivity index (χ1n) is 9.53. The van der Waals surface area contributed by atoms with Crippen LogP contribution in [0.15, 0.2) is 53.6 Å². The number of anilines is 2. The standard InChI is InChI=1S/C22H18ClFN2O4/c23-17-11-18(24)19(26-20(27)15-8-4-5-9-16(15)21(26)28)10-13(17)12-30-22(29)25-14-6-2-1-3-7-14/h1-3,6-7,10-11H,4-5,8-9,12H2,(H,25,29). The molecule has 1 aliphatic carbocycles. The lowest BCUT2D eigenvalue weighted by atomic mass is 9.93. The molecule has 154 valence electrons. The van der Waals surface area contributed by atoms with Crippen molar-refractivity contribution in [1.82, 2.24) is 0 Å². The number of carbonyl (C=O) groups excluding carboxylic acids is 3. The molecule has 0 aromatic heterocycles. The predicted molar refractivity (Wildman–Crippen MR) is 110 cm³/mol. The number of nitrogens with one attached hydrogen (secondary N) is 1. The van der Waals surface area contributed by atoms with Crippen LogP contribution in [0.2, 0.25) is 5.02 Å². The highest BCUT2D eigenvalue weighted by Gasteiger charge is 2.41. The van der Waals surface area contributed by atoms with Gasteiger partial charge < -0.3 is 4.74 Å². The zero-order valence-corrected chi connectivity index (χ0v) is 16.7. The molecule has 0 unspecified atom stereocenters. The number of nitrogens with zero attached hydrogens (tertiary/aromatic N) is 1. The summed E-state index contributed by atoms with van der Waals surface area (Å²) >= 11 is 6.10. The fraction of sp³-hybridized carbons (Fsp3) is 0.227. The molecule has 2 aromatic carbocycles. The van der Waals surface area contributed by atoms with Crippen LogP contribution in [0.1, 0.15) is 31.2 Å². The minimum Gasteiger partial charge on any atom is -0.444 e. The Morgan fingerprint density at radius 1 is 1.07 bits per heavy atom. The van der Waals surface area contributed by atoms with Gasteiger partial charge in [0.05, 0.1) is 10.7 Å². The van der Waals surface area contributed by atoms with Crippen LogP contribution in [0.4, 0.5) is 20.6 Å². The van der Waals surface area contributed by atoms with Crippen molar-refractivity contribution in [3.05, 3.63) is 70.0 Å². The van der Waals surface area contributed by atoms with Crippen LogP contribution in [0.25, 0.3) is 0 Å². The van der Waals surface area contributed by atoms with E-state index in [-0.39, 0.29) is 22.9 Å². The molecule has 2 aromatic rings. The van der Waals surface area contributed by atoms with E-state index in [1.165, 1.54) is 6.07 Å². The van der Waals surface area contributed by atoms with Crippen LogP contribution in [-0.4, -0.2) is 17.9 Å². The van der Waals surface area contributed by atoms with Gasteiger partial charge in [0.1, 0.15) is 12.4 Å². The second kappa shape index (κ2) is 8.28. The first-order valence-corrected chi connectivity index (χ1v) is 9.91. The Morgan fingerprint density at radius 2 is 1.70 bits per heavy atom. The summed E-state index contributed by atoms with van der Waals surface area (Å²) in [7, 11) is 0. The van der Waals surface area contributed by atoms with Crippen LogP contribution in [0.5, 0.6) is 0 Å². The molecule has 8 heteroatoms. The molecule has 3 amide bonds. The van der Waals surface area contributed by atoms with Crippen molar-refractivity contribution in [1.29, 1.82) is 0 Å². The molecule has 1 aliphatic heterocycles. The second-order valence-corrected chi connectivity index (χ2v) is 7.48. The fourth-order valence-corrected chi connectivity index (χ4v) is 3.84. The maximum absolute atomic E-state index is 14.6. The smallest absolute Gasteiger partial charge is 0.411 e. The fourth-order valence-electron chi connectivity index (χ4n) is 3.64. The number of hydrogen-bond acceptors (Lipinski definition) is 4. The average molecular weight is 429 g/mol. The second-order valence-electron chi connectivity index (χ2n) is 7.07. The van der Waals surface area contributed by atoms with Crippen molar-refractivity contribution in [3.63, 3.8) is 0 Å². The molecule has 4 rings (SSSR count). The molecule has 2 aliphatic rings. The van der Waals surface area contributed by atoms with Gasteiger partial charge in [0, 0.05) is 22.4 Å². The first-order chi connectivity index (χ1) is 14.5. The van der Waals surface area contributed by atoms with Gasteiger partial charge in [-0.15, -0.1) is 0 Å². The van der Waals surface area contributed by atoms with Crippen molar-refractivity contribution < 1.29 is 23.5 Å². The van der Waals surface area contributed by atoms with Crippen molar-refractivity contribution in [2.75, 3.05) is 10.2 Å². The Morgan fingerprint density at radius 3 is 2.33 bits per heavy atom. The van der Waals surface area contributed by atoms with Gasteiger partial charge in [-0.25, -0.2) is 14.1 Å². The van der Waals surface area contributed by atoms with Crippen molar-refractivity contribution >= 4 is 40.9 Å². The van der Waals surface area contributed by atoms with E-state index in [0.29, 0.717) is 29.7 Å². The summed E-state index contributed by atoms with van der Waals surface area (Å²) < 4.78 is 19.8. The quantitative estimate of drug-likeness (QED) is 0.697. The topological polar surface area (TPSA) is 75.7 Å². The summed E-state index contributed by atoms with van der Waals surface area (Å²) in [5, 5.41) is 2.59. The number of carbonyl (C=O) groups is 3. The van der Waals surface area contributed by atoms with Gasteiger partial charge in [0.25, 0.3) is 11.8 Å². The van der Waals surface area contributed by atoms with Gasteiger partial charge in [-0.1, -0.05) is 29.8 Å². The highest BCUT2D eigenvalue weighted by atomic mass is 35.5. The number of para-hydroxylation sites is 1. The molecule has 1 heterocycles. The third-order valence-corrected chi connectivity index (χ3v) is 5.48. The van der Waals surface area contributed by atoms with E-state index < -0.39 is 23.7 Å². The summed E-state index contributed by atoms with van der Waals surface area (Å²) in [6.07, 6.45) is 1.96. The predicted octanol–water partition coefficient (Wildman–Crippen LogP) is 4.97. The van der Waals surface area contributed by atoms with E-state index in [0.717, 1.165) is 23.8 Å². The van der Waals surface area contributed by atoms with E-state index in [1.54, 1.807) is 24.3 Å². The number of ether oxygens (including phenoxy) is 1. The number of benzene rings is 2. The normalized spacial score (nSPS) is 16.0. The van der Waals surface area contributed by atoms with Gasteiger partial charge in [0.2, 0.25) is 0 Å². The van der Waals surface area contributed by atoms with Crippen molar-refractivity contribution in [2.45, 2.75) is 32.3 Å². The van der Waals surface area contributed by atoms with E-state index in [9.17, 15) is 18.8 Å². The van der Waals surface area contributed by atoms with Crippen LogP contribution in [0, 0.1) is 5.82 Å². The molecule has 1 N–H and O–H groups in total. The van der Waals surface area contributed by atoms with Gasteiger partial charge in [0.15, 0.2) is 0 Å². The maximum atomic E-state index is 14.6. The molecular weight excluding hydrogens is 411 g/mol. The average Bonchev–Trinajstić information content (AvgIpc) is 2.99. The van der Waals surface area contributed by atoms with Crippen LogP contribution in [-0.2, 0) is 20.9 Å². The lowest BCUT2D eigenvalue weighted by Crippen LogP contribution is -2.32. The Kier molecular flexibility index (Phi) is 5.55. The zero-order chi connectivity index (χ0) is 21.3. The molecule has 6 nitrogen and oxygen atoms in total. The molecule has 30 heavy (non-hydrogen) atoms. The summed E-state index contributed by atoms with van der Waals surface area (Å²) in [4.78, 5) is 38.3. The van der Waals surface area contributed by atoms with Crippen LogP contribution in [0.3, 0.4) is 0 Å². The van der Waals surface area contributed by atoms with Gasteiger partial charge in [-0.2, -0.15) is 0 Å². The molecule has 0 spiro atoms. The summed E-state index contributed by atoms with van der Waals surface area (Å²) in [5.74, 6) is -1.78. The molecule has 0 saturated carbocycles. The van der Waals surface area contributed by atoms with E-state index in [4.69, 9.17) is 16.3 Å². The number of amides is 3. The first kappa shape index (κ1) is 20.1. The van der Waals surface area contributed by atoms with E-state index in [1.807, 2.05) is 6.07 Å². The Labute approximate surface area is 177 Å². The molecule has 0 saturated heterocycles. The molecule has 0 atom stereocenters. The summed E-state index contributed by atoms with van der Waals surface area (Å²) in [6.45, 7) is -0.256. The van der Waals surface area contributed by atoms with Crippen molar-refractivity contribution in [3.8, 4) is 0 Å². The zero-order valence-electron chi connectivity index (χ0n) is 15.9. The van der Waals surface area contributed by atoms with Crippen molar-refractivity contribution in [2.24, 2.45) is 0 Å². The van der Waals surface area contributed by atoms with E-state index in [2.05, 4.69) is 5.32 Å². The lowest BCUT2D eigenvalue weighted by molar-refractivity contribution is -0.120. The highest BCUT2D eigenvalue weighted by Crippen LogP contribution is 2.38. The minimum atomic E-state index is -0.793. The largest absolute Gasteiger partial charge is 0.444 e. The highest BCUT2D eigenvalue weighted by molar-refractivity contribution is 6.34. The van der Waals surface area contributed by atoms with Gasteiger partial charge in [-0.05, 0) is 49.9 Å². The number of halogens is 2. The Balaban J connectivity index is 1.52. The third-order valence-electron chi connectivity index (χ3n) is 5.13. The summed E-state index contributed by atoms with van der Waals surface area (Å²) in [6, 6.07) is 11.0. The lowest BCUT2D eigenvalue weighted by Gasteiger charge is -2.18. The Hall–Kier alpha value is -3.19. The Bertz CT molecular complexity index is 1040. The van der Waals surface area contributed by atoms with E-state index >= 15 is 0 Å². The molecule has 0 fully saturated rings. The monoisotopic (exact) mass is 428 g/mol. The molecular formula is C22H18ClFN2O4. The van der Waals surface area contributed by atoms with Gasteiger partial charge in [-0.3, -0.25) is 14.9 Å². The van der Waals surface area contributed by atoms with Crippen LogP contribution < -0.4 is 10.2 Å².